The van der Waals surface area contributed by atoms with E-state index in [1.807, 2.05) is 6.08 Å². The van der Waals surface area contributed by atoms with E-state index in [9.17, 15) is 13.2 Å². The summed E-state index contributed by atoms with van der Waals surface area (Å²) in [4.78, 5) is 16.7. The minimum absolute atomic E-state index is 0.0528. The van der Waals surface area contributed by atoms with E-state index in [0.717, 1.165) is 4.31 Å². The van der Waals surface area contributed by atoms with Crippen LogP contribution in [0.5, 0.6) is 0 Å². The lowest BCUT2D eigenvalue weighted by molar-refractivity contribution is -0.117. The Kier molecular flexibility index (Phi) is 3.87. The molecule has 2 aliphatic rings. The molecule has 3 rings (SSSR count). The molecular weight excluding hydrogens is 314 g/mol. The number of benzene rings is 1. The van der Waals surface area contributed by atoms with E-state index in [2.05, 4.69) is 10.3 Å². The van der Waals surface area contributed by atoms with Crippen molar-refractivity contribution in [1.29, 1.82) is 0 Å². The van der Waals surface area contributed by atoms with E-state index in [1.165, 1.54) is 13.1 Å². The number of hydrogen-bond donors (Lipinski definition) is 1. The summed E-state index contributed by atoms with van der Waals surface area (Å²) in [6, 6.07) is 6.58. The topological polar surface area (TPSA) is 78.8 Å². The van der Waals surface area contributed by atoms with Gasteiger partial charge in [0.2, 0.25) is 0 Å². The van der Waals surface area contributed by atoms with Crippen LogP contribution in [-0.4, -0.2) is 31.9 Å². The number of rotatable bonds is 2. The Morgan fingerprint density at radius 3 is 2.91 bits per heavy atom. The highest BCUT2D eigenvalue weighted by Crippen LogP contribution is 2.29. The van der Waals surface area contributed by atoms with Gasteiger partial charge in [-0.3, -0.25) is 9.10 Å². The van der Waals surface area contributed by atoms with E-state index < -0.39 is 15.9 Å². The highest BCUT2D eigenvalue weighted by molar-refractivity contribution is 7.89. The molecule has 0 aliphatic carbocycles. The minimum Gasteiger partial charge on any atom is -0.306 e. The molecule has 2 aliphatic heterocycles. The Bertz CT molecular complexity index is 880. The van der Waals surface area contributed by atoms with Crippen LogP contribution in [0, 0.1) is 0 Å². The zero-order chi connectivity index (χ0) is 16.4. The van der Waals surface area contributed by atoms with Crippen LogP contribution < -0.4 is 5.32 Å². The molecule has 0 saturated heterocycles. The van der Waals surface area contributed by atoms with Gasteiger partial charge < -0.3 is 5.32 Å². The molecule has 23 heavy (non-hydrogen) atoms. The Morgan fingerprint density at radius 2 is 2.09 bits per heavy atom. The molecule has 1 aromatic rings. The highest BCUT2D eigenvalue weighted by atomic mass is 32.2. The van der Waals surface area contributed by atoms with Gasteiger partial charge in [-0.1, -0.05) is 24.3 Å². The van der Waals surface area contributed by atoms with Gasteiger partial charge in [-0.2, -0.15) is 0 Å². The maximum atomic E-state index is 12.5. The van der Waals surface area contributed by atoms with Crippen molar-refractivity contribution in [2.45, 2.75) is 11.3 Å². The quantitative estimate of drug-likeness (QED) is 0.896. The Morgan fingerprint density at radius 1 is 1.30 bits per heavy atom. The normalized spacial score (nSPS) is 18.6. The van der Waals surface area contributed by atoms with Crippen molar-refractivity contribution < 1.29 is 13.2 Å². The molecule has 118 valence electrons. The third-order valence-corrected chi connectivity index (χ3v) is 5.39. The van der Waals surface area contributed by atoms with Crippen LogP contribution in [0.15, 0.2) is 63.9 Å². The fourth-order valence-electron chi connectivity index (χ4n) is 2.32. The summed E-state index contributed by atoms with van der Waals surface area (Å²) >= 11 is 0. The van der Waals surface area contributed by atoms with E-state index >= 15 is 0 Å². The monoisotopic (exact) mass is 329 g/mol. The Balaban J connectivity index is 1.95. The van der Waals surface area contributed by atoms with Crippen LogP contribution in [0.3, 0.4) is 0 Å². The Hall–Kier alpha value is -2.67. The number of nitrogens with zero attached hydrogens (tertiary/aromatic N) is 2. The SMILES string of the molecule is CN1C(C(=O)NC2=CCC=CC=N2)=Cc2ccccc2S1(=O)=O. The van der Waals surface area contributed by atoms with Crippen molar-refractivity contribution in [3.8, 4) is 0 Å². The summed E-state index contributed by atoms with van der Waals surface area (Å²) in [7, 11) is -2.36. The number of amides is 1. The Labute approximate surface area is 134 Å². The summed E-state index contributed by atoms with van der Waals surface area (Å²) in [6.07, 6.45) is 9.21. The number of fused-ring (bicyclic) bond motifs is 1. The van der Waals surface area contributed by atoms with Gasteiger partial charge >= 0.3 is 0 Å². The predicted molar refractivity (Wildman–Crippen MR) is 87.8 cm³/mol. The van der Waals surface area contributed by atoms with Crippen LogP contribution in [0.2, 0.25) is 0 Å². The number of carbonyl (C=O) groups is 1. The van der Waals surface area contributed by atoms with Gasteiger partial charge in [0.25, 0.3) is 15.9 Å². The smallest absolute Gasteiger partial charge is 0.274 e. The van der Waals surface area contributed by atoms with E-state index in [4.69, 9.17) is 0 Å². The van der Waals surface area contributed by atoms with Crippen LogP contribution in [0.4, 0.5) is 0 Å². The predicted octanol–water partition coefficient (Wildman–Crippen LogP) is 1.65. The van der Waals surface area contributed by atoms with Gasteiger partial charge in [-0.25, -0.2) is 13.4 Å². The van der Waals surface area contributed by atoms with Crippen molar-refractivity contribution in [2.24, 2.45) is 4.99 Å². The molecule has 0 saturated carbocycles. The summed E-state index contributed by atoms with van der Waals surface area (Å²) in [5.74, 6) is -0.124. The second-order valence-electron chi connectivity index (χ2n) is 5.03. The van der Waals surface area contributed by atoms with Gasteiger partial charge in [-0.15, -0.1) is 0 Å². The third-order valence-electron chi connectivity index (χ3n) is 3.55. The summed E-state index contributed by atoms with van der Waals surface area (Å²) in [5, 5.41) is 2.64. The van der Waals surface area contributed by atoms with E-state index in [0.29, 0.717) is 17.8 Å². The average Bonchev–Trinajstić information content (AvgIpc) is 2.80. The molecule has 6 nitrogen and oxygen atoms in total. The molecule has 7 heteroatoms. The first-order valence-electron chi connectivity index (χ1n) is 7.00. The molecule has 0 unspecified atom stereocenters. The number of likely N-dealkylation sites (N-methyl/N-ethyl adjacent to an activating group) is 1. The second-order valence-corrected chi connectivity index (χ2v) is 6.96. The van der Waals surface area contributed by atoms with Crippen LogP contribution >= 0.6 is 0 Å². The fourth-order valence-corrected chi connectivity index (χ4v) is 3.68. The molecular formula is C16H15N3O3S. The van der Waals surface area contributed by atoms with Crippen LogP contribution in [-0.2, 0) is 14.8 Å². The number of nitrogens with one attached hydrogen (secondary N) is 1. The highest BCUT2D eigenvalue weighted by Gasteiger charge is 2.32. The maximum absolute atomic E-state index is 12.5. The molecule has 0 atom stereocenters. The average molecular weight is 329 g/mol. The third kappa shape index (κ3) is 2.83. The fraction of sp³-hybridized carbons (Fsp3) is 0.125. The lowest BCUT2D eigenvalue weighted by Crippen LogP contribution is -2.37. The number of hydrogen-bond acceptors (Lipinski definition) is 4. The van der Waals surface area contributed by atoms with Gasteiger partial charge in [0.1, 0.15) is 11.5 Å². The maximum Gasteiger partial charge on any atom is 0.274 e. The number of carbonyl (C=O) groups excluding carboxylic acids is 1. The molecule has 0 bridgehead atoms. The molecule has 0 radical (unpaired) electrons. The minimum atomic E-state index is -3.73. The van der Waals surface area contributed by atoms with Gasteiger partial charge in [0.15, 0.2) is 0 Å². The summed E-state index contributed by atoms with van der Waals surface area (Å²) in [6.45, 7) is 0. The van der Waals surface area contributed by atoms with Gasteiger partial charge in [-0.05, 0) is 36.3 Å². The first-order valence-corrected chi connectivity index (χ1v) is 8.44. The molecule has 1 amide bonds. The molecule has 0 spiro atoms. The van der Waals surface area contributed by atoms with Crippen molar-refractivity contribution in [1.82, 2.24) is 9.62 Å². The zero-order valence-corrected chi connectivity index (χ0v) is 13.2. The summed E-state index contributed by atoms with van der Waals surface area (Å²) in [5.41, 5.74) is 0.549. The van der Waals surface area contributed by atoms with Gasteiger partial charge in [0, 0.05) is 13.3 Å². The molecule has 1 N–H and O–H groups in total. The van der Waals surface area contributed by atoms with Crippen molar-refractivity contribution >= 4 is 28.2 Å². The molecule has 2 heterocycles. The first kappa shape index (κ1) is 15.2. The second kappa shape index (κ2) is 5.85. The van der Waals surface area contributed by atoms with Crippen molar-refractivity contribution in [3.05, 3.63) is 59.6 Å². The standard InChI is InChI=1S/C16H15N3O3S/c1-19-13(16(20)18-15-9-3-2-6-10-17-15)11-12-7-4-5-8-14(12)23(19,21)22/h2,4-11H,3H2,1H3,(H,18,20). The van der Waals surface area contributed by atoms with E-state index in [-0.39, 0.29) is 10.6 Å². The van der Waals surface area contributed by atoms with Crippen LogP contribution in [0.1, 0.15) is 12.0 Å². The molecule has 0 aromatic heterocycles. The van der Waals surface area contributed by atoms with E-state index in [1.54, 1.807) is 42.6 Å². The number of allylic oxidation sites excluding steroid dienone is 3. The summed E-state index contributed by atoms with van der Waals surface area (Å²) < 4.78 is 26.0. The lowest BCUT2D eigenvalue weighted by Gasteiger charge is -2.26. The van der Waals surface area contributed by atoms with Crippen LogP contribution in [0.25, 0.3) is 6.08 Å². The lowest BCUT2D eigenvalue weighted by atomic mass is 10.2. The number of aliphatic imine (C=N–C) groups is 1. The van der Waals surface area contributed by atoms with Crippen molar-refractivity contribution in [2.75, 3.05) is 7.05 Å². The largest absolute Gasteiger partial charge is 0.306 e. The number of sulfonamides is 1. The molecule has 1 aromatic carbocycles. The first-order chi connectivity index (χ1) is 11.0. The van der Waals surface area contributed by atoms with Crippen molar-refractivity contribution in [3.63, 3.8) is 0 Å². The zero-order valence-electron chi connectivity index (χ0n) is 12.4. The van der Waals surface area contributed by atoms with Gasteiger partial charge in [0.05, 0.1) is 4.90 Å². The molecule has 0 fully saturated rings.